The van der Waals surface area contributed by atoms with Gasteiger partial charge in [-0.15, -0.1) is 0 Å². The average molecular weight is 245 g/mol. The van der Waals surface area contributed by atoms with Crippen LogP contribution in [0.15, 0.2) is 0 Å². The molecule has 1 amide bonds. The predicted molar refractivity (Wildman–Crippen MR) is 68.8 cm³/mol. The molecular formula is C12H23NO2S. The van der Waals surface area contributed by atoms with Gasteiger partial charge in [-0.05, 0) is 25.5 Å². The molecule has 1 aliphatic rings. The molecule has 1 aliphatic heterocycles. The second-order valence-electron chi connectivity index (χ2n) is 4.97. The topological polar surface area (TPSA) is 29.5 Å². The molecule has 4 heteroatoms. The van der Waals surface area contributed by atoms with Crippen molar-refractivity contribution in [2.75, 3.05) is 24.6 Å². The van der Waals surface area contributed by atoms with E-state index in [0.29, 0.717) is 11.7 Å². The van der Waals surface area contributed by atoms with Crippen LogP contribution in [0.3, 0.4) is 0 Å². The van der Waals surface area contributed by atoms with Gasteiger partial charge < -0.3 is 9.64 Å². The van der Waals surface area contributed by atoms with Gasteiger partial charge in [0.25, 0.3) is 0 Å². The smallest absolute Gasteiger partial charge is 0.232 e. The van der Waals surface area contributed by atoms with Crippen molar-refractivity contribution in [3.8, 4) is 0 Å². The molecule has 0 aromatic rings. The van der Waals surface area contributed by atoms with Gasteiger partial charge in [-0.1, -0.05) is 13.8 Å². The van der Waals surface area contributed by atoms with Gasteiger partial charge in [-0.3, -0.25) is 4.79 Å². The maximum absolute atomic E-state index is 11.9. The number of amides is 1. The summed E-state index contributed by atoms with van der Waals surface area (Å²) in [5.41, 5.74) is 0. The van der Waals surface area contributed by atoms with Crippen LogP contribution in [0, 0.1) is 5.92 Å². The molecule has 0 aromatic carbocycles. The van der Waals surface area contributed by atoms with Crippen LogP contribution in [-0.2, 0) is 9.53 Å². The summed E-state index contributed by atoms with van der Waals surface area (Å²) >= 11 is 1.73. The lowest BCUT2D eigenvalue weighted by Gasteiger charge is -2.35. The van der Waals surface area contributed by atoms with E-state index >= 15 is 0 Å². The van der Waals surface area contributed by atoms with Gasteiger partial charge in [-0.2, -0.15) is 11.8 Å². The molecule has 1 fully saturated rings. The van der Waals surface area contributed by atoms with Crippen molar-refractivity contribution >= 4 is 17.7 Å². The Kier molecular flexibility index (Phi) is 5.62. The normalized spacial score (nSPS) is 26.2. The first-order valence-corrected chi connectivity index (χ1v) is 7.15. The molecule has 0 spiro atoms. The highest BCUT2D eigenvalue weighted by Gasteiger charge is 2.25. The van der Waals surface area contributed by atoms with E-state index in [-0.39, 0.29) is 18.1 Å². The average Bonchev–Trinajstić information content (AvgIpc) is 2.15. The summed E-state index contributed by atoms with van der Waals surface area (Å²) in [5, 5.41) is 0. The van der Waals surface area contributed by atoms with Crippen LogP contribution in [0.1, 0.15) is 27.7 Å². The number of hydrogen-bond acceptors (Lipinski definition) is 3. The quantitative estimate of drug-likeness (QED) is 0.759. The van der Waals surface area contributed by atoms with Crippen LogP contribution >= 0.6 is 11.8 Å². The Morgan fingerprint density at radius 1 is 1.38 bits per heavy atom. The van der Waals surface area contributed by atoms with Gasteiger partial charge in [0.15, 0.2) is 0 Å². The standard InChI is InChI=1S/C12H23NO2S/c1-9(2)7-16-8-12(14)13-5-10(3)15-11(4)6-13/h9-11H,5-8H2,1-4H3. The highest BCUT2D eigenvalue weighted by atomic mass is 32.2. The van der Waals surface area contributed by atoms with Crippen molar-refractivity contribution in [1.82, 2.24) is 4.90 Å². The molecule has 0 radical (unpaired) electrons. The molecule has 16 heavy (non-hydrogen) atoms. The molecule has 1 heterocycles. The monoisotopic (exact) mass is 245 g/mol. The number of thioether (sulfide) groups is 1. The van der Waals surface area contributed by atoms with Crippen molar-refractivity contribution < 1.29 is 9.53 Å². The molecule has 2 atom stereocenters. The lowest BCUT2D eigenvalue weighted by molar-refractivity contribution is -0.140. The molecule has 0 saturated carbocycles. The van der Waals surface area contributed by atoms with Gasteiger partial charge >= 0.3 is 0 Å². The second-order valence-corrected chi connectivity index (χ2v) is 6.00. The van der Waals surface area contributed by atoms with Crippen molar-refractivity contribution in [2.24, 2.45) is 5.92 Å². The van der Waals surface area contributed by atoms with Gasteiger partial charge in [0.1, 0.15) is 0 Å². The van der Waals surface area contributed by atoms with E-state index in [4.69, 9.17) is 4.74 Å². The fourth-order valence-electron chi connectivity index (χ4n) is 1.85. The van der Waals surface area contributed by atoms with Crippen LogP contribution in [0.5, 0.6) is 0 Å². The van der Waals surface area contributed by atoms with Crippen LogP contribution in [-0.4, -0.2) is 47.6 Å². The lowest BCUT2D eigenvalue weighted by Crippen LogP contribution is -2.48. The number of carbonyl (C=O) groups is 1. The van der Waals surface area contributed by atoms with E-state index in [1.807, 2.05) is 18.7 Å². The number of ether oxygens (including phenoxy) is 1. The van der Waals surface area contributed by atoms with E-state index in [1.54, 1.807) is 11.8 Å². The van der Waals surface area contributed by atoms with Crippen LogP contribution in [0.2, 0.25) is 0 Å². The van der Waals surface area contributed by atoms with E-state index in [9.17, 15) is 4.79 Å². The Bertz CT molecular complexity index is 223. The maximum Gasteiger partial charge on any atom is 0.232 e. The van der Waals surface area contributed by atoms with E-state index in [0.717, 1.165) is 18.8 Å². The van der Waals surface area contributed by atoms with Crippen LogP contribution in [0.4, 0.5) is 0 Å². The fourth-order valence-corrected chi connectivity index (χ4v) is 2.80. The maximum atomic E-state index is 11.9. The first-order chi connectivity index (χ1) is 7.49. The van der Waals surface area contributed by atoms with Crippen molar-refractivity contribution in [3.63, 3.8) is 0 Å². The molecule has 0 aromatic heterocycles. The number of rotatable bonds is 4. The molecule has 1 saturated heterocycles. The molecule has 94 valence electrons. The number of hydrogen-bond donors (Lipinski definition) is 0. The molecule has 0 aliphatic carbocycles. The van der Waals surface area contributed by atoms with E-state index in [1.165, 1.54) is 0 Å². The van der Waals surface area contributed by atoms with E-state index < -0.39 is 0 Å². The first-order valence-electron chi connectivity index (χ1n) is 6.00. The second kappa shape index (κ2) is 6.50. The summed E-state index contributed by atoms with van der Waals surface area (Å²) in [5.74, 6) is 2.58. The Hall–Kier alpha value is -0.220. The molecule has 0 bridgehead atoms. The molecule has 3 nitrogen and oxygen atoms in total. The minimum atomic E-state index is 0.169. The number of carbonyl (C=O) groups excluding carboxylic acids is 1. The highest BCUT2D eigenvalue weighted by molar-refractivity contribution is 7.99. The zero-order valence-corrected chi connectivity index (χ0v) is 11.5. The molecule has 0 N–H and O–H groups in total. The molecule has 2 unspecified atom stereocenters. The highest BCUT2D eigenvalue weighted by Crippen LogP contribution is 2.14. The van der Waals surface area contributed by atoms with Crippen LogP contribution in [0.25, 0.3) is 0 Å². The number of nitrogens with zero attached hydrogens (tertiary/aromatic N) is 1. The Morgan fingerprint density at radius 3 is 2.44 bits per heavy atom. The molecular weight excluding hydrogens is 222 g/mol. The first kappa shape index (κ1) is 13.8. The zero-order chi connectivity index (χ0) is 12.1. The van der Waals surface area contributed by atoms with Crippen molar-refractivity contribution in [3.05, 3.63) is 0 Å². The largest absolute Gasteiger partial charge is 0.372 e. The van der Waals surface area contributed by atoms with Crippen molar-refractivity contribution in [2.45, 2.75) is 39.9 Å². The van der Waals surface area contributed by atoms with Crippen molar-refractivity contribution in [1.29, 1.82) is 0 Å². The van der Waals surface area contributed by atoms with Gasteiger partial charge in [0.2, 0.25) is 5.91 Å². The summed E-state index contributed by atoms with van der Waals surface area (Å²) in [4.78, 5) is 13.9. The number of morpholine rings is 1. The summed E-state index contributed by atoms with van der Waals surface area (Å²) in [7, 11) is 0. The Balaban J connectivity index is 2.30. The third kappa shape index (κ3) is 4.74. The van der Waals surface area contributed by atoms with E-state index in [2.05, 4.69) is 13.8 Å². The summed E-state index contributed by atoms with van der Waals surface area (Å²) in [6.45, 7) is 9.89. The van der Waals surface area contributed by atoms with Crippen LogP contribution < -0.4 is 0 Å². The SMILES string of the molecule is CC(C)CSCC(=O)N1CC(C)OC(C)C1. The minimum Gasteiger partial charge on any atom is -0.372 e. The Morgan fingerprint density at radius 2 is 1.94 bits per heavy atom. The third-order valence-corrected chi connectivity index (χ3v) is 3.80. The van der Waals surface area contributed by atoms with Gasteiger partial charge in [0, 0.05) is 13.1 Å². The van der Waals surface area contributed by atoms with Gasteiger partial charge in [-0.25, -0.2) is 0 Å². The zero-order valence-electron chi connectivity index (χ0n) is 10.7. The summed E-state index contributed by atoms with van der Waals surface area (Å²) in [6.07, 6.45) is 0.339. The summed E-state index contributed by atoms with van der Waals surface area (Å²) in [6, 6.07) is 0. The minimum absolute atomic E-state index is 0.169. The fraction of sp³-hybridized carbons (Fsp3) is 0.917. The van der Waals surface area contributed by atoms with Gasteiger partial charge in [0.05, 0.1) is 18.0 Å². The third-order valence-electron chi connectivity index (χ3n) is 2.45. The molecule has 1 rings (SSSR count). The Labute approximate surface area is 103 Å². The summed E-state index contributed by atoms with van der Waals surface area (Å²) < 4.78 is 5.61. The predicted octanol–water partition coefficient (Wildman–Crippen LogP) is 2.01. The lowest BCUT2D eigenvalue weighted by atomic mass is 10.2.